The molecular weight excluding hydrogens is 429 g/mol. The summed E-state index contributed by atoms with van der Waals surface area (Å²) >= 11 is 0. The van der Waals surface area contributed by atoms with Crippen LogP contribution in [0.1, 0.15) is 34.7 Å². The number of hydrogen-bond acceptors (Lipinski definition) is 6. The SMILES string of the molecule is CC(c1nn(Cc2ccc(F)cc2)c(=O)c2c(O)c3n(c12)CCN(C)C3=O)N1CCOCC1. The molecule has 2 aliphatic heterocycles. The predicted octanol–water partition coefficient (Wildman–Crippen LogP) is 1.57. The van der Waals surface area contributed by atoms with Gasteiger partial charge in [0.2, 0.25) is 0 Å². The average Bonchev–Trinajstić information content (AvgIpc) is 3.13. The van der Waals surface area contributed by atoms with Gasteiger partial charge in [-0.1, -0.05) is 12.1 Å². The summed E-state index contributed by atoms with van der Waals surface area (Å²) in [5.74, 6) is -1.00. The van der Waals surface area contributed by atoms with Crippen LogP contribution < -0.4 is 5.56 Å². The van der Waals surface area contributed by atoms with E-state index in [-0.39, 0.29) is 41.1 Å². The first-order valence-corrected chi connectivity index (χ1v) is 11.0. The van der Waals surface area contributed by atoms with Crippen molar-refractivity contribution < 1.29 is 19.0 Å². The normalized spacial score (nSPS) is 18.0. The minimum absolute atomic E-state index is 0.0980. The molecule has 10 heteroatoms. The Balaban J connectivity index is 1.73. The van der Waals surface area contributed by atoms with E-state index in [1.54, 1.807) is 23.7 Å². The molecule has 1 N–H and O–H groups in total. The van der Waals surface area contributed by atoms with Gasteiger partial charge in [0.1, 0.15) is 16.9 Å². The molecule has 1 unspecified atom stereocenters. The molecule has 4 heterocycles. The van der Waals surface area contributed by atoms with Gasteiger partial charge in [-0.3, -0.25) is 14.5 Å². The summed E-state index contributed by atoms with van der Waals surface area (Å²) in [6, 6.07) is 5.69. The topological polar surface area (TPSA) is 92.8 Å². The maximum Gasteiger partial charge on any atom is 0.280 e. The van der Waals surface area contributed by atoms with Crippen LogP contribution in [-0.2, 0) is 17.8 Å². The largest absolute Gasteiger partial charge is 0.505 e. The minimum atomic E-state index is -0.484. The van der Waals surface area contributed by atoms with Crippen molar-refractivity contribution in [3.05, 3.63) is 57.4 Å². The second-order valence-electron chi connectivity index (χ2n) is 8.60. The van der Waals surface area contributed by atoms with E-state index in [1.165, 1.54) is 21.7 Å². The highest BCUT2D eigenvalue weighted by Gasteiger charge is 2.34. The lowest BCUT2D eigenvalue weighted by Gasteiger charge is -2.32. The second-order valence-corrected chi connectivity index (χ2v) is 8.60. The molecule has 5 rings (SSSR count). The van der Waals surface area contributed by atoms with Crippen LogP contribution in [0.4, 0.5) is 4.39 Å². The lowest BCUT2D eigenvalue weighted by Crippen LogP contribution is -2.40. The van der Waals surface area contributed by atoms with Crippen molar-refractivity contribution in [3.63, 3.8) is 0 Å². The standard InChI is InChI=1S/C23H26FN5O4/c1-14(27-9-11-33-12-10-27)18-19-17(21(30)20-23(32)26(2)7-8-28(19)20)22(31)29(25-18)13-15-3-5-16(24)6-4-15/h3-6,14,30H,7-13H2,1-2H3. The van der Waals surface area contributed by atoms with Gasteiger partial charge in [0.05, 0.1) is 31.3 Å². The number of likely N-dealkylation sites (N-methyl/N-ethyl adjacent to an activating group) is 1. The lowest BCUT2D eigenvalue weighted by atomic mass is 10.1. The summed E-state index contributed by atoms with van der Waals surface area (Å²) < 4.78 is 21.9. The zero-order valence-electron chi connectivity index (χ0n) is 18.6. The first kappa shape index (κ1) is 21.6. The monoisotopic (exact) mass is 455 g/mol. The fourth-order valence-corrected chi connectivity index (χ4v) is 4.69. The summed E-state index contributed by atoms with van der Waals surface area (Å²) in [7, 11) is 1.67. The number of carbonyl (C=O) groups excluding carboxylic acids is 1. The number of benzene rings is 1. The van der Waals surface area contributed by atoms with Crippen molar-refractivity contribution in [1.29, 1.82) is 0 Å². The Kier molecular flexibility index (Phi) is 5.41. The van der Waals surface area contributed by atoms with E-state index >= 15 is 0 Å². The number of aromatic nitrogens is 3. The zero-order valence-corrected chi connectivity index (χ0v) is 18.6. The molecular formula is C23H26FN5O4. The second kappa shape index (κ2) is 8.27. The Morgan fingerprint density at radius 3 is 2.52 bits per heavy atom. The fraction of sp³-hybridized carbons (Fsp3) is 0.435. The molecule has 0 bridgehead atoms. The van der Waals surface area contributed by atoms with Crippen molar-refractivity contribution in [2.45, 2.75) is 26.1 Å². The molecule has 33 heavy (non-hydrogen) atoms. The van der Waals surface area contributed by atoms with Crippen LogP contribution in [0.15, 0.2) is 29.1 Å². The Hall–Kier alpha value is -3.24. The average molecular weight is 455 g/mol. The number of ether oxygens (including phenoxy) is 1. The molecule has 1 saturated heterocycles. The molecule has 1 amide bonds. The van der Waals surface area contributed by atoms with Gasteiger partial charge in [-0.25, -0.2) is 9.07 Å². The van der Waals surface area contributed by atoms with E-state index in [4.69, 9.17) is 9.84 Å². The maximum absolute atomic E-state index is 13.5. The number of rotatable bonds is 4. The third kappa shape index (κ3) is 3.59. The van der Waals surface area contributed by atoms with Gasteiger partial charge >= 0.3 is 0 Å². The van der Waals surface area contributed by atoms with E-state index in [9.17, 15) is 19.1 Å². The van der Waals surface area contributed by atoms with Gasteiger partial charge in [0.15, 0.2) is 11.4 Å². The maximum atomic E-state index is 13.5. The van der Waals surface area contributed by atoms with E-state index in [0.29, 0.717) is 56.2 Å². The third-order valence-corrected chi connectivity index (χ3v) is 6.60. The number of carbonyl (C=O) groups is 1. The number of halogens is 1. The summed E-state index contributed by atoms with van der Waals surface area (Å²) in [6.07, 6.45) is 0. The van der Waals surface area contributed by atoms with Crippen molar-refractivity contribution >= 4 is 16.8 Å². The van der Waals surface area contributed by atoms with Crippen LogP contribution in [0.2, 0.25) is 0 Å². The summed E-state index contributed by atoms with van der Waals surface area (Å²) in [5, 5.41) is 15.9. The van der Waals surface area contributed by atoms with Crippen LogP contribution >= 0.6 is 0 Å². The number of hydrogen-bond donors (Lipinski definition) is 1. The van der Waals surface area contributed by atoms with Crippen LogP contribution in [-0.4, -0.2) is 75.1 Å². The summed E-state index contributed by atoms with van der Waals surface area (Å²) in [4.78, 5) is 30.1. The van der Waals surface area contributed by atoms with Crippen molar-refractivity contribution in [2.24, 2.45) is 0 Å². The van der Waals surface area contributed by atoms with Crippen molar-refractivity contribution in [2.75, 3.05) is 39.9 Å². The molecule has 1 aromatic carbocycles. The molecule has 2 aliphatic rings. The van der Waals surface area contributed by atoms with Crippen molar-refractivity contribution in [3.8, 4) is 5.75 Å². The van der Waals surface area contributed by atoms with Crippen LogP contribution in [0, 0.1) is 5.82 Å². The zero-order chi connectivity index (χ0) is 23.3. The number of aromatic hydroxyl groups is 1. The molecule has 1 atom stereocenters. The lowest BCUT2D eigenvalue weighted by molar-refractivity contribution is 0.0189. The van der Waals surface area contributed by atoms with E-state index in [2.05, 4.69) is 4.90 Å². The number of amides is 1. The van der Waals surface area contributed by atoms with Gasteiger partial charge in [-0.05, 0) is 24.6 Å². The Morgan fingerprint density at radius 2 is 1.82 bits per heavy atom. The smallest absolute Gasteiger partial charge is 0.280 e. The number of nitrogens with zero attached hydrogens (tertiary/aromatic N) is 5. The minimum Gasteiger partial charge on any atom is -0.505 e. The molecule has 3 aromatic rings. The summed E-state index contributed by atoms with van der Waals surface area (Å²) in [6.45, 7) is 5.68. The molecule has 1 fully saturated rings. The highest BCUT2D eigenvalue weighted by Crippen LogP contribution is 2.36. The highest BCUT2D eigenvalue weighted by atomic mass is 19.1. The predicted molar refractivity (Wildman–Crippen MR) is 119 cm³/mol. The van der Waals surface area contributed by atoms with Crippen molar-refractivity contribution in [1.82, 2.24) is 24.1 Å². The third-order valence-electron chi connectivity index (χ3n) is 6.60. The van der Waals surface area contributed by atoms with Gasteiger partial charge in [-0.2, -0.15) is 5.10 Å². The van der Waals surface area contributed by atoms with E-state index in [0.717, 1.165) is 0 Å². The quantitative estimate of drug-likeness (QED) is 0.642. The van der Waals surface area contributed by atoms with Crippen LogP contribution in [0.25, 0.3) is 10.9 Å². The molecule has 0 aliphatic carbocycles. The molecule has 0 saturated carbocycles. The number of morpholine rings is 1. The molecule has 0 radical (unpaired) electrons. The number of fused-ring (bicyclic) bond motifs is 3. The Labute approximate surface area is 189 Å². The van der Waals surface area contributed by atoms with Gasteiger partial charge < -0.3 is 19.3 Å². The fourth-order valence-electron chi connectivity index (χ4n) is 4.69. The molecule has 174 valence electrons. The highest BCUT2D eigenvalue weighted by molar-refractivity contribution is 6.04. The van der Waals surface area contributed by atoms with Gasteiger partial charge in [-0.15, -0.1) is 0 Å². The van der Waals surface area contributed by atoms with E-state index in [1.807, 2.05) is 6.92 Å². The van der Waals surface area contributed by atoms with Crippen LogP contribution in [0.5, 0.6) is 5.75 Å². The first-order valence-electron chi connectivity index (χ1n) is 11.0. The Bertz CT molecular complexity index is 1280. The van der Waals surface area contributed by atoms with E-state index < -0.39 is 5.56 Å². The van der Waals surface area contributed by atoms with Crippen LogP contribution in [0.3, 0.4) is 0 Å². The summed E-state index contributed by atoms with van der Waals surface area (Å²) in [5.41, 5.74) is 1.46. The molecule has 9 nitrogen and oxygen atoms in total. The van der Waals surface area contributed by atoms with Gasteiger partial charge in [0.25, 0.3) is 11.5 Å². The van der Waals surface area contributed by atoms with Gasteiger partial charge in [0, 0.05) is 33.2 Å². The first-order chi connectivity index (χ1) is 15.9. The Morgan fingerprint density at radius 1 is 1.12 bits per heavy atom. The molecule has 0 spiro atoms. The molecule has 2 aromatic heterocycles.